The van der Waals surface area contributed by atoms with Crippen molar-refractivity contribution >= 4 is 17.3 Å². The molecule has 0 unspecified atom stereocenters. The summed E-state index contributed by atoms with van der Waals surface area (Å²) in [5.41, 5.74) is 4.99. The Labute approximate surface area is 139 Å². The number of carbonyl (C=O) groups is 1. The molecule has 0 aliphatic rings. The molecule has 0 aliphatic carbocycles. The van der Waals surface area contributed by atoms with Crippen molar-refractivity contribution in [3.8, 4) is 0 Å². The lowest BCUT2D eigenvalue weighted by molar-refractivity contribution is 0.0697. The van der Waals surface area contributed by atoms with Crippen molar-refractivity contribution in [2.45, 2.75) is 19.8 Å². The fourth-order valence-electron chi connectivity index (χ4n) is 2.37. The van der Waals surface area contributed by atoms with Gasteiger partial charge in [-0.3, -0.25) is 0 Å². The van der Waals surface area contributed by atoms with Gasteiger partial charge in [0.2, 0.25) is 0 Å². The number of benzene rings is 2. The Morgan fingerprint density at radius 3 is 2.26 bits per heavy atom. The van der Waals surface area contributed by atoms with Gasteiger partial charge in [0.05, 0.1) is 16.3 Å². The van der Waals surface area contributed by atoms with Gasteiger partial charge < -0.3 is 5.11 Å². The highest BCUT2D eigenvalue weighted by molar-refractivity contribution is 7.09. The molecule has 0 spiro atoms. The predicted octanol–water partition coefficient (Wildman–Crippen LogP) is 4.33. The van der Waals surface area contributed by atoms with Gasteiger partial charge in [-0.25, -0.2) is 9.78 Å². The fourth-order valence-corrected chi connectivity index (χ4v) is 3.19. The largest absolute Gasteiger partial charge is 0.478 e. The van der Waals surface area contributed by atoms with Gasteiger partial charge in [-0.05, 0) is 30.2 Å². The van der Waals surface area contributed by atoms with Crippen LogP contribution >= 0.6 is 11.3 Å². The normalized spacial score (nSPS) is 10.7. The number of carboxylic acid groups (broad SMARTS) is 1. The monoisotopic (exact) mass is 323 g/mol. The van der Waals surface area contributed by atoms with E-state index in [0.717, 1.165) is 29.1 Å². The first kappa shape index (κ1) is 15.4. The van der Waals surface area contributed by atoms with Crippen molar-refractivity contribution in [1.29, 1.82) is 0 Å². The molecule has 0 aliphatic heterocycles. The lowest BCUT2D eigenvalue weighted by Gasteiger charge is -2.00. The van der Waals surface area contributed by atoms with E-state index in [2.05, 4.69) is 41.6 Å². The summed E-state index contributed by atoms with van der Waals surface area (Å²) >= 11 is 1.65. The molecular formula is C19H17NO2S. The van der Waals surface area contributed by atoms with Gasteiger partial charge >= 0.3 is 5.97 Å². The fraction of sp³-hybridized carbons (Fsp3) is 0.158. The van der Waals surface area contributed by atoms with E-state index in [1.165, 1.54) is 11.1 Å². The quantitative estimate of drug-likeness (QED) is 0.760. The maximum Gasteiger partial charge on any atom is 0.335 e. The van der Waals surface area contributed by atoms with Gasteiger partial charge in [0.1, 0.15) is 0 Å². The van der Waals surface area contributed by atoms with E-state index in [4.69, 9.17) is 5.11 Å². The highest BCUT2D eigenvalue weighted by atomic mass is 32.1. The second-order valence-corrected chi connectivity index (χ2v) is 6.52. The molecule has 3 nitrogen and oxygen atoms in total. The van der Waals surface area contributed by atoms with E-state index in [0.29, 0.717) is 5.56 Å². The Morgan fingerprint density at radius 1 is 1.00 bits per heavy atom. The average molecular weight is 323 g/mol. The highest BCUT2D eigenvalue weighted by Crippen LogP contribution is 2.18. The number of thiazole rings is 1. The van der Waals surface area contributed by atoms with Gasteiger partial charge in [0.15, 0.2) is 0 Å². The van der Waals surface area contributed by atoms with E-state index in [1.807, 2.05) is 12.1 Å². The van der Waals surface area contributed by atoms with Gasteiger partial charge in [0.25, 0.3) is 0 Å². The minimum absolute atomic E-state index is 0.313. The second-order valence-electron chi connectivity index (χ2n) is 5.57. The number of aromatic nitrogens is 1. The molecule has 3 aromatic rings. The minimum Gasteiger partial charge on any atom is -0.478 e. The summed E-state index contributed by atoms with van der Waals surface area (Å²) in [5.74, 6) is -0.897. The summed E-state index contributed by atoms with van der Waals surface area (Å²) in [6.45, 7) is 2.08. The summed E-state index contributed by atoms with van der Waals surface area (Å²) in [5, 5.41) is 12.1. The number of aryl methyl sites for hydroxylation is 1. The number of aromatic carboxylic acids is 1. The van der Waals surface area contributed by atoms with Crippen LogP contribution in [0.3, 0.4) is 0 Å². The topological polar surface area (TPSA) is 50.2 Å². The van der Waals surface area contributed by atoms with E-state index in [1.54, 1.807) is 23.5 Å². The molecule has 1 heterocycles. The first-order chi connectivity index (χ1) is 11.1. The van der Waals surface area contributed by atoms with Crippen molar-refractivity contribution in [2.24, 2.45) is 0 Å². The van der Waals surface area contributed by atoms with Gasteiger partial charge in [0, 0.05) is 18.2 Å². The zero-order valence-corrected chi connectivity index (χ0v) is 13.6. The third kappa shape index (κ3) is 4.05. The molecule has 0 atom stereocenters. The number of rotatable bonds is 5. The summed E-state index contributed by atoms with van der Waals surface area (Å²) in [7, 11) is 0. The zero-order valence-electron chi connectivity index (χ0n) is 12.8. The lowest BCUT2D eigenvalue weighted by atomic mass is 10.1. The molecule has 1 N–H and O–H groups in total. The molecular weight excluding hydrogens is 306 g/mol. The predicted molar refractivity (Wildman–Crippen MR) is 92.3 cm³/mol. The van der Waals surface area contributed by atoms with Crippen LogP contribution in [0.1, 0.15) is 37.7 Å². The van der Waals surface area contributed by atoms with Crippen molar-refractivity contribution in [3.63, 3.8) is 0 Å². The van der Waals surface area contributed by atoms with Crippen LogP contribution < -0.4 is 0 Å². The van der Waals surface area contributed by atoms with Crippen LogP contribution in [0.2, 0.25) is 0 Å². The van der Waals surface area contributed by atoms with Crippen LogP contribution in [0.25, 0.3) is 0 Å². The summed E-state index contributed by atoms with van der Waals surface area (Å²) < 4.78 is 0. The Kier molecular flexibility index (Phi) is 4.53. The van der Waals surface area contributed by atoms with Crippen LogP contribution in [-0.2, 0) is 12.8 Å². The van der Waals surface area contributed by atoms with E-state index in [-0.39, 0.29) is 0 Å². The van der Waals surface area contributed by atoms with Crippen LogP contribution in [0.15, 0.2) is 53.9 Å². The summed E-state index contributed by atoms with van der Waals surface area (Å²) in [6, 6.07) is 15.5. The first-order valence-electron chi connectivity index (χ1n) is 7.41. The van der Waals surface area contributed by atoms with Gasteiger partial charge in [-0.2, -0.15) is 0 Å². The molecule has 0 fully saturated rings. The number of carboxylic acids is 1. The van der Waals surface area contributed by atoms with Crippen LogP contribution in [0.4, 0.5) is 0 Å². The van der Waals surface area contributed by atoms with Crippen LogP contribution in [-0.4, -0.2) is 16.1 Å². The number of hydrogen-bond donors (Lipinski definition) is 1. The van der Waals surface area contributed by atoms with E-state index < -0.39 is 5.97 Å². The van der Waals surface area contributed by atoms with Crippen molar-refractivity contribution < 1.29 is 9.90 Å². The van der Waals surface area contributed by atoms with Crippen molar-refractivity contribution in [1.82, 2.24) is 4.98 Å². The molecule has 0 radical (unpaired) electrons. The molecule has 1 aromatic heterocycles. The molecule has 4 heteroatoms. The standard InChI is InChI=1S/C19H17NO2S/c1-13-2-4-14(5-3-13)10-17-12-23-18(20-17)11-15-6-8-16(9-7-15)19(21)22/h2-9,12H,10-11H2,1H3,(H,21,22). The Hall–Kier alpha value is -2.46. The molecule has 0 bridgehead atoms. The lowest BCUT2D eigenvalue weighted by Crippen LogP contribution is -1.96. The smallest absolute Gasteiger partial charge is 0.335 e. The molecule has 23 heavy (non-hydrogen) atoms. The van der Waals surface area contributed by atoms with Crippen molar-refractivity contribution in [2.75, 3.05) is 0 Å². The highest BCUT2D eigenvalue weighted by Gasteiger charge is 2.06. The van der Waals surface area contributed by atoms with Crippen LogP contribution in [0, 0.1) is 6.92 Å². The molecule has 116 valence electrons. The number of nitrogens with zero attached hydrogens (tertiary/aromatic N) is 1. The maximum atomic E-state index is 10.9. The molecule has 0 saturated heterocycles. The maximum absolute atomic E-state index is 10.9. The number of hydrogen-bond acceptors (Lipinski definition) is 3. The minimum atomic E-state index is -0.897. The van der Waals surface area contributed by atoms with Crippen LogP contribution in [0.5, 0.6) is 0 Å². The average Bonchev–Trinajstić information content (AvgIpc) is 2.97. The molecule has 0 amide bonds. The first-order valence-corrected chi connectivity index (χ1v) is 8.29. The zero-order chi connectivity index (χ0) is 16.2. The SMILES string of the molecule is Cc1ccc(Cc2csc(Cc3ccc(C(=O)O)cc3)n2)cc1. The molecule has 3 rings (SSSR count). The van der Waals surface area contributed by atoms with Crippen molar-refractivity contribution in [3.05, 3.63) is 86.9 Å². The molecule has 0 saturated carbocycles. The summed E-state index contributed by atoms with van der Waals surface area (Å²) in [6.07, 6.45) is 1.58. The third-order valence-electron chi connectivity index (χ3n) is 3.66. The van der Waals surface area contributed by atoms with E-state index in [9.17, 15) is 4.79 Å². The summed E-state index contributed by atoms with van der Waals surface area (Å²) in [4.78, 5) is 15.5. The van der Waals surface area contributed by atoms with Gasteiger partial charge in [-0.1, -0.05) is 42.0 Å². The van der Waals surface area contributed by atoms with Gasteiger partial charge in [-0.15, -0.1) is 11.3 Å². The second kappa shape index (κ2) is 6.75. The Morgan fingerprint density at radius 2 is 1.61 bits per heavy atom. The Bertz CT molecular complexity index is 804. The Balaban J connectivity index is 1.67. The van der Waals surface area contributed by atoms with E-state index >= 15 is 0 Å². The molecule has 2 aromatic carbocycles. The third-order valence-corrected chi connectivity index (χ3v) is 4.56.